The zero-order chi connectivity index (χ0) is 15.2. The smallest absolute Gasteiger partial charge is 0.407 e. The number of nitrogens with one attached hydrogen (secondary N) is 1. The summed E-state index contributed by atoms with van der Waals surface area (Å²) in [4.78, 5) is 22.2. The molecule has 0 saturated heterocycles. The second-order valence-electron chi connectivity index (χ2n) is 5.14. The highest BCUT2D eigenvalue weighted by Gasteiger charge is 2.33. The van der Waals surface area contributed by atoms with Crippen molar-refractivity contribution in [2.75, 3.05) is 6.54 Å². The van der Waals surface area contributed by atoms with E-state index in [1.807, 2.05) is 30.3 Å². The summed E-state index contributed by atoms with van der Waals surface area (Å²) in [6.45, 7) is 3.22. The number of benzene rings is 1. The van der Waals surface area contributed by atoms with Crippen LogP contribution in [0.5, 0.6) is 0 Å². The number of ether oxygens (including phenoxy) is 1. The Morgan fingerprint density at radius 1 is 1.30 bits per heavy atom. The van der Waals surface area contributed by atoms with Gasteiger partial charge in [0.15, 0.2) is 6.10 Å². The van der Waals surface area contributed by atoms with Crippen LogP contribution in [0.1, 0.15) is 19.4 Å². The zero-order valence-corrected chi connectivity index (χ0v) is 11.5. The Bertz CT molecular complexity index is 458. The lowest BCUT2D eigenvalue weighted by molar-refractivity contribution is -0.152. The molecular weight excluding hydrogens is 262 g/mol. The van der Waals surface area contributed by atoms with Gasteiger partial charge in [-0.15, -0.1) is 0 Å². The maximum Gasteiger partial charge on any atom is 0.407 e. The Kier molecular flexibility index (Phi) is 5.52. The number of aliphatic carboxylic acids is 1. The fourth-order valence-electron chi connectivity index (χ4n) is 1.51. The minimum atomic E-state index is -1.56. The first-order chi connectivity index (χ1) is 9.33. The number of alkyl carbamates (subject to hydrolysis) is 1. The number of carboxylic acid groups (broad SMARTS) is 1. The van der Waals surface area contributed by atoms with Crippen molar-refractivity contribution in [3.8, 4) is 0 Å². The minimum absolute atomic E-state index is 0.00586. The fourth-order valence-corrected chi connectivity index (χ4v) is 1.51. The summed E-state index contributed by atoms with van der Waals surface area (Å²) in [5.74, 6) is -1.32. The number of aliphatic hydroxyl groups is 1. The fraction of sp³-hybridized carbons (Fsp3) is 0.429. The lowest BCUT2D eigenvalue weighted by atomic mass is 9.86. The van der Waals surface area contributed by atoms with Crippen molar-refractivity contribution in [2.24, 2.45) is 5.41 Å². The number of hydrogen-bond acceptors (Lipinski definition) is 4. The number of hydrogen-bond donors (Lipinski definition) is 3. The van der Waals surface area contributed by atoms with Gasteiger partial charge in [-0.25, -0.2) is 9.59 Å². The molecule has 1 atom stereocenters. The maximum absolute atomic E-state index is 11.5. The molecule has 1 aromatic rings. The van der Waals surface area contributed by atoms with Crippen LogP contribution in [0, 0.1) is 5.41 Å². The molecule has 0 aliphatic heterocycles. The Morgan fingerprint density at radius 3 is 2.45 bits per heavy atom. The number of carboxylic acids is 1. The molecule has 0 radical (unpaired) electrons. The number of carbonyl (C=O) groups is 2. The predicted octanol–water partition coefficient (Wildman–Crippen LogP) is 1.38. The number of amides is 1. The molecule has 1 amide bonds. The molecule has 1 rings (SSSR count). The van der Waals surface area contributed by atoms with Gasteiger partial charge >= 0.3 is 12.1 Å². The van der Waals surface area contributed by atoms with E-state index in [0.717, 1.165) is 5.56 Å². The van der Waals surface area contributed by atoms with Crippen LogP contribution >= 0.6 is 0 Å². The Labute approximate surface area is 117 Å². The van der Waals surface area contributed by atoms with Crippen LogP contribution in [-0.2, 0) is 16.1 Å². The first kappa shape index (κ1) is 16.0. The van der Waals surface area contributed by atoms with Crippen molar-refractivity contribution < 1.29 is 24.5 Å². The average molecular weight is 281 g/mol. The first-order valence-corrected chi connectivity index (χ1v) is 6.18. The van der Waals surface area contributed by atoms with Crippen molar-refractivity contribution in [1.82, 2.24) is 5.32 Å². The van der Waals surface area contributed by atoms with Crippen LogP contribution in [0.15, 0.2) is 30.3 Å². The number of aliphatic hydroxyl groups excluding tert-OH is 1. The second kappa shape index (κ2) is 6.91. The van der Waals surface area contributed by atoms with E-state index < -0.39 is 23.6 Å². The van der Waals surface area contributed by atoms with Gasteiger partial charge in [-0.2, -0.15) is 0 Å². The molecule has 0 aliphatic carbocycles. The van der Waals surface area contributed by atoms with Crippen LogP contribution in [0.25, 0.3) is 0 Å². The van der Waals surface area contributed by atoms with Crippen molar-refractivity contribution in [3.05, 3.63) is 35.9 Å². The molecule has 0 aliphatic rings. The van der Waals surface area contributed by atoms with Gasteiger partial charge < -0.3 is 20.3 Å². The quantitative estimate of drug-likeness (QED) is 0.732. The predicted molar refractivity (Wildman–Crippen MR) is 72.1 cm³/mol. The summed E-state index contributed by atoms with van der Waals surface area (Å²) in [7, 11) is 0. The molecule has 0 saturated carbocycles. The highest BCUT2D eigenvalue weighted by atomic mass is 16.5. The van der Waals surface area contributed by atoms with Gasteiger partial charge in [0.05, 0.1) is 0 Å². The van der Waals surface area contributed by atoms with Crippen molar-refractivity contribution in [3.63, 3.8) is 0 Å². The molecule has 6 nitrogen and oxygen atoms in total. The lowest BCUT2D eigenvalue weighted by Gasteiger charge is -2.27. The molecule has 0 heterocycles. The molecular formula is C14H19NO5. The number of carbonyl (C=O) groups excluding carboxylic acids is 1. The van der Waals surface area contributed by atoms with Gasteiger partial charge in [0.1, 0.15) is 6.61 Å². The third-order valence-corrected chi connectivity index (χ3v) is 2.88. The van der Waals surface area contributed by atoms with E-state index in [4.69, 9.17) is 9.84 Å². The van der Waals surface area contributed by atoms with E-state index in [0.29, 0.717) is 0 Å². The summed E-state index contributed by atoms with van der Waals surface area (Å²) >= 11 is 0. The SMILES string of the molecule is CC(C)(CNC(=O)OCc1ccccc1)C(O)C(=O)O. The second-order valence-corrected chi connectivity index (χ2v) is 5.14. The van der Waals surface area contributed by atoms with Gasteiger partial charge in [0.2, 0.25) is 0 Å². The highest BCUT2D eigenvalue weighted by Crippen LogP contribution is 2.19. The van der Waals surface area contributed by atoms with Gasteiger partial charge in [-0.1, -0.05) is 44.2 Å². The van der Waals surface area contributed by atoms with Crippen LogP contribution in [0.2, 0.25) is 0 Å². The molecule has 110 valence electrons. The Balaban J connectivity index is 2.38. The van der Waals surface area contributed by atoms with Gasteiger partial charge in [0, 0.05) is 12.0 Å². The van der Waals surface area contributed by atoms with Crippen LogP contribution in [0.4, 0.5) is 4.79 Å². The lowest BCUT2D eigenvalue weighted by Crippen LogP contribution is -2.45. The molecule has 0 fully saturated rings. The molecule has 0 spiro atoms. The van der Waals surface area contributed by atoms with Crippen LogP contribution in [0.3, 0.4) is 0 Å². The minimum Gasteiger partial charge on any atom is -0.479 e. The third-order valence-electron chi connectivity index (χ3n) is 2.88. The summed E-state index contributed by atoms with van der Waals surface area (Å²) in [6.07, 6.45) is -2.21. The summed E-state index contributed by atoms with van der Waals surface area (Å²) in [6, 6.07) is 9.18. The van der Waals surface area contributed by atoms with Crippen LogP contribution < -0.4 is 5.32 Å². The van der Waals surface area contributed by atoms with Crippen molar-refractivity contribution in [2.45, 2.75) is 26.6 Å². The normalized spacial score (nSPS) is 12.6. The van der Waals surface area contributed by atoms with E-state index in [-0.39, 0.29) is 13.2 Å². The monoisotopic (exact) mass is 281 g/mol. The van der Waals surface area contributed by atoms with Crippen molar-refractivity contribution in [1.29, 1.82) is 0 Å². The van der Waals surface area contributed by atoms with Gasteiger partial charge in [-0.3, -0.25) is 0 Å². The molecule has 0 aromatic heterocycles. The van der Waals surface area contributed by atoms with E-state index in [9.17, 15) is 14.7 Å². The summed E-state index contributed by atoms with van der Waals surface area (Å²) < 4.78 is 4.98. The van der Waals surface area contributed by atoms with E-state index >= 15 is 0 Å². The summed E-state index contributed by atoms with van der Waals surface area (Å²) in [5.41, 5.74) is -0.134. The standard InChI is InChI=1S/C14H19NO5/c1-14(2,11(16)12(17)18)9-15-13(19)20-8-10-6-4-3-5-7-10/h3-7,11,16H,8-9H2,1-2H3,(H,15,19)(H,17,18). The Hall–Kier alpha value is -2.08. The molecule has 6 heteroatoms. The topological polar surface area (TPSA) is 95.9 Å². The molecule has 1 aromatic carbocycles. The number of rotatable bonds is 6. The largest absolute Gasteiger partial charge is 0.479 e. The van der Waals surface area contributed by atoms with E-state index in [1.54, 1.807) is 13.8 Å². The van der Waals surface area contributed by atoms with Gasteiger partial charge in [-0.05, 0) is 5.56 Å². The average Bonchev–Trinajstić information content (AvgIpc) is 2.43. The highest BCUT2D eigenvalue weighted by molar-refractivity contribution is 5.73. The first-order valence-electron chi connectivity index (χ1n) is 6.18. The van der Waals surface area contributed by atoms with E-state index in [2.05, 4.69) is 5.32 Å². The Morgan fingerprint density at radius 2 is 1.90 bits per heavy atom. The van der Waals surface area contributed by atoms with Gasteiger partial charge in [0.25, 0.3) is 0 Å². The molecule has 0 bridgehead atoms. The van der Waals surface area contributed by atoms with Crippen molar-refractivity contribution >= 4 is 12.1 Å². The maximum atomic E-state index is 11.5. The van der Waals surface area contributed by atoms with Crippen LogP contribution in [-0.4, -0.2) is 34.9 Å². The molecule has 3 N–H and O–H groups in total. The summed E-state index contributed by atoms with van der Waals surface area (Å²) in [5, 5.41) is 20.7. The molecule has 1 unspecified atom stereocenters. The van der Waals surface area contributed by atoms with E-state index in [1.165, 1.54) is 0 Å². The third kappa shape index (κ3) is 4.89. The molecule has 20 heavy (non-hydrogen) atoms. The zero-order valence-electron chi connectivity index (χ0n) is 11.5.